The molecule has 0 spiro atoms. The maximum Gasteiger partial charge on any atom is 0.225 e. The number of nitrogens with one attached hydrogen (secondary N) is 1. The van der Waals surface area contributed by atoms with Crippen LogP contribution in [0.5, 0.6) is 0 Å². The standard InChI is InChI=1S/C19H18N6/c1-13-8-9-16-17(12-13)25(24-23-16)18-10-11-20-19(22-18)21-14(2)15-6-4-3-5-7-15/h3-12,14H,1-2H3,(H,20,21,22)/t14-/m0/s1. The minimum Gasteiger partial charge on any atom is -0.348 e. The Morgan fingerprint density at radius 1 is 1.04 bits per heavy atom. The molecule has 6 heteroatoms. The van der Waals surface area contributed by atoms with E-state index in [4.69, 9.17) is 0 Å². The molecule has 0 aliphatic heterocycles. The molecule has 6 nitrogen and oxygen atoms in total. The Morgan fingerprint density at radius 3 is 2.72 bits per heavy atom. The van der Waals surface area contributed by atoms with Crippen molar-refractivity contribution < 1.29 is 0 Å². The number of aryl methyl sites for hydroxylation is 1. The molecule has 0 amide bonds. The van der Waals surface area contributed by atoms with E-state index in [1.54, 1.807) is 10.9 Å². The molecule has 0 aliphatic rings. The van der Waals surface area contributed by atoms with Crippen LogP contribution in [0.1, 0.15) is 24.1 Å². The minimum atomic E-state index is 0.103. The maximum absolute atomic E-state index is 4.60. The molecule has 0 aliphatic carbocycles. The highest BCUT2D eigenvalue weighted by Crippen LogP contribution is 2.19. The molecule has 4 rings (SSSR count). The Morgan fingerprint density at radius 2 is 1.88 bits per heavy atom. The molecule has 25 heavy (non-hydrogen) atoms. The molecule has 2 aromatic heterocycles. The normalized spacial score (nSPS) is 12.2. The second kappa shape index (κ2) is 6.32. The van der Waals surface area contributed by atoms with Crippen molar-refractivity contribution in [1.29, 1.82) is 0 Å². The fraction of sp³-hybridized carbons (Fsp3) is 0.158. The molecular weight excluding hydrogens is 312 g/mol. The average Bonchev–Trinajstić information content (AvgIpc) is 3.05. The highest BCUT2D eigenvalue weighted by atomic mass is 15.4. The number of hydrogen-bond acceptors (Lipinski definition) is 5. The van der Waals surface area contributed by atoms with E-state index in [-0.39, 0.29) is 6.04 Å². The third kappa shape index (κ3) is 3.06. The minimum absolute atomic E-state index is 0.103. The first-order chi connectivity index (χ1) is 12.2. The molecule has 0 bridgehead atoms. The zero-order chi connectivity index (χ0) is 17.2. The van der Waals surface area contributed by atoms with Crippen LogP contribution in [0.3, 0.4) is 0 Å². The molecule has 2 aromatic carbocycles. The first-order valence-corrected chi connectivity index (χ1v) is 8.18. The molecule has 1 atom stereocenters. The summed E-state index contributed by atoms with van der Waals surface area (Å²) in [6.07, 6.45) is 1.73. The van der Waals surface area contributed by atoms with Gasteiger partial charge in [-0.2, -0.15) is 9.67 Å². The quantitative estimate of drug-likeness (QED) is 0.618. The summed E-state index contributed by atoms with van der Waals surface area (Å²) in [5.74, 6) is 1.25. The van der Waals surface area contributed by atoms with E-state index < -0.39 is 0 Å². The van der Waals surface area contributed by atoms with Crippen LogP contribution in [-0.2, 0) is 0 Å². The summed E-state index contributed by atoms with van der Waals surface area (Å²) in [4.78, 5) is 8.93. The number of fused-ring (bicyclic) bond motifs is 1. The second-order valence-electron chi connectivity index (χ2n) is 6.01. The molecular formula is C19H18N6. The third-order valence-electron chi connectivity index (χ3n) is 4.10. The van der Waals surface area contributed by atoms with E-state index in [1.807, 2.05) is 43.3 Å². The smallest absolute Gasteiger partial charge is 0.225 e. The number of anilines is 1. The molecule has 0 unspecified atom stereocenters. The van der Waals surface area contributed by atoms with Crippen molar-refractivity contribution in [3.8, 4) is 5.82 Å². The van der Waals surface area contributed by atoms with Gasteiger partial charge < -0.3 is 5.32 Å². The number of benzene rings is 2. The van der Waals surface area contributed by atoms with Gasteiger partial charge in [0.1, 0.15) is 5.52 Å². The van der Waals surface area contributed by atoms with Gasteiger partial charge in [-0.3, -0.25) is 0 Å². The second-order valence-corrected chi connectivity index (χ2v) is 6.01. The van der Waals surface area contributed by atoms with Gasteiger partial charge in [-0.05, 0) is 37.1 Å². The van der Waals surface area contributed by atoms with Crippen LogP contribution < -0.4 is 5.32 Å². The van der Waals surface area contributed by atoms with Crippen LogP contribution in [0, 0.1) is 6.92 Å². The van der Waals surface area contributed by atoms with Crippen molar-refractivity contribution in [1.82, 2.24) is 25.0 Å². The SMILES string of the molecule is Cc1ccc2nnn(-c3ccnc(N[C@@H](C)c4ccccc4)n3)c2c1. The highest BCUT2D eigenvalue weighted by Gasteiger charge is 2.11. The zero-order valence-corrected chi connectivity index (χ0v) is 14.1. The average molecular weight is 330 g/mol. The van der Waals surface area contributed by atoms with E-state index in [0.29, 0.717) is 11.8 Å². The van der Waals surface area contributed by atoms with E-state index in [2.05, 4.69) is 50.7 Å². The van der Waals surface area contributed by atoms with Gasteiger partial charge >= 0.3 is 0 Å². The van der Waals surface area contributed by atoms with Crippen molar-refractivity contribution in [3.05, 3.63) is 71.9 Å². The van der Waals surface area contributed by atoms with Gasteiger partial charge in [0.05, 0.1) is 11.6 Å². The lowest BCUT2D eigenvalue weighted by atomic mass is 10.1. The van der Waals surface area contributed by atoms with Gasteiger partial charge in [0.25, 0.3) is 0 Å². The van der Waals surface area contributed by atoms with Crippen LogP contribution in [0.25, 0.3) is 16.9 Å². The van der Waals surface area contributed by atoms with E-state index >= 15 is 0 Å². The van der Waals surface area contributed by atoms with Crippen molar-refractivity contribution in [2.24, 2.45) is 0 Å². The zero-order valence-electron chi connectivity index (χ0n) is 14.1. The number of hydrogen-bond donors (Lipinski definition) is 1. The predicted molar refractivity (Wildman–Crippen MR) is 97.7 cm³/mol. The van der Waals surface area contributed by atoms with Gasteiger partial charge in [0, 0.05) is 12.3 Å². The lowest BCUT2D eigenvalue weighted by molar-refractivity contribution is 0.790. The first-order valence-electron chi connectivity index (χ1n) is 8.18. The van der Waals surface area contributed by atoms with Gasteiger partial charge in [-0.15, -0.1) is 5.10 Å². The van der Waals surface area contributed by atoms with Crippen LogP contribution in [0.2, 0.25) is 0 Å². The Bertz CT molecular complexity index is 1010. The third-order valence-corrected chi connectivity index (χ3v) is 4.10. The lowest BCUT2D eigenvalue weighted by Crippen LogP contribution is -2.11. The molecule has 0 saturated heterocycles. The van der Waals surface area contributed by atoms with Crippen LogP contribution in [-0.4, -0.2) is 25.0 Å². The summed E-state index contributed by atoms with van der Waals surface area (Å²) in [5.41, 5.74) is 4.11. The molecule has 0 radical (unpaired) electrons. The largest absolute Gasteiger partial charge is 0.348 e. The molecule has 1 N–H and O–H groups in total. The molecule has 2 heterocycles. The Labute approximate surface area is 145 Å². The van der Waals surface area contributed by atoms with Crippen molar-refractivity contribution >= 4 is 17.0 Å². The van der Waals surface area contributed by atoms with Gasteiger partial charge in [0.15, 0.2) is 5.82 Å². The van der Waals surface area contributed by atoms with E-state index in [1.165, 1.54) is 5.56 Å². The van der Waals surface area contributed by atoms with Crippen LogP contribution in [0.15, 0.2) is 60.8 Å². The topological polar surface area (TPSA) is 68.5 Å². The van der Waals surface area contributed by atoms with Crippen LogP contribution in [0.4, 0.5) is 5.95 Å². The molecule has 0 saturated carbocycles. The first kappa shape index (κ1) is 15.3. The Hall–Kier alpha value is -3.28. The summed E-state index contributed by atoms with van der Waals surface area (Å²) in [6.45, 7) is 4.13. The maximum atomic E-state index is 4.60. The van der Waals surface area contributed by atoms with Crippen molar-refractivity contribution in [2.75, 3.05) is 5.32 Å². The summed E-state index contributed by atoms with van der Waals surface area (Å²) < 4.78 is 1.74. The van der Waals surface area contributed by atoms with Crippen LogP contribution >= 0.6 is 0 Å². The highest BCUT2D eigenvalue weighted by molar-refractivity contribution is 5.76. The summed E-state index contributed by atoms with van der Waals surface area (Å²) >= 11 is 0. The van der Waals surface area contributed by atoms with Crippen molar-refractivity contribution in [2.45, 2.75) is 19.9 Å². The molecule has 0 fully saturated rings. The number of nitrogens with zero attached hydrogens (tertiary/aromatic N) is 5. The van der Waals surface area contributed by atoms with Gasteiger partial charge in [0.2, 0.25) is 5.95 Å². The summed E-state index contributed by atoms with van der Waals surface area (Å²) in [6, 6.07) is 18.2. The van der Waals surface area contributed by atoms with Gasteiger partial charge in [-0.25, -0.2) is 4.98 Å². The summed E-state index contributed by atoms with van der Waals surface area (Å²) in [5, 5.41) is 11.8. The molecule has 124 valence electrons. The number of aromatic nitrogens is 5. The Kier molecular flexibility index (Phi) is 3.85. The lowest BCUT2D eigenvalue weighted by Gasteiger charge is -2.14. The molecule has 4 aromatic rings. The fourth-order valence-corrected chi connectivity index (χ4v) is 2.75. The summed E-state index contributed by atoms with van der Waals surface area (Å²) in [7, 11) is 0. The van der Waals surface area contributed by atoms with E-state index in [9.17, 15) is 0 Å². The van der Waals surface area contributed by atoms with E-state index in [0.717, 1.165) is 16.6 Å². The van der Waals surface area contributed by atoms with Crippen molar-refractivity contribution in [3.63, 3.8) is 0 Å². The Balaban J connectivity index is 1.66. The van der Waals surface area contributed by atoms with Gasteiger partial charge in [-0.1, -0.05) is 41.6 Å². The monoisotopic (exact) mass is 330 g/mol. The number of rotatable bonds is 4. The fourth-order valence-electron chi connectivity index (χ4n) is 2.75. The predicted octanol–water partition coefficient (Wildman–Crippen LogP) is 3.69.